The molecule has 3 rings (SSSR count). The third kappa shape index (κ3) is 2.11. The first kappa shape index (κ1) is 13.8. The smallest absolute Gasteiger partial charge is 0.0620 e. The topological polar surface area (TPSA) is 0 Å². The molecule has 1 heteroatoms. The molecule has 0 bridgehead atoms. The molecule has 0 fully saturated rings. The summed E-state index contributed by atoms with van der Waals surface area (Å²) in [5.41, 5.74) is 1.93. The molecule has 1 aliphatic rings. The van der Waals surface area contributed by atoms with Crippen molar-refractivity contribution in [2.75, 3.05) is 12.8 Å². The van der Waals surface area contributed by atoms with Gasteiger partial charge in [-0.05, 0) is 23.6 Å². The molecule has 0 saturated heterocycles. The Balaban J connectivity index is 2.17. The van der Waals surface area contributed by atoms with E-state index in [1.165, 1.54) is 6.16 Å². The van der Waals surface area contributed by atoms with Crippen LogP contribution < -0.4 is 10.6 Å². The van der Waals surface area contributed by atoms with E-state index in [4.69, 9.17) is 0 Å². The summed E-state index contributed by atoms with van der Waals surface area (Å²) in [5, 5.41) is 3.19. The summed E-state index contributed by atoms with van der Waals surface area (Å²) in [4.78, 5) is 0. The van der Waals surface area contributed by atoms with Crippen molar-refractivity contribution < 1.29 is 0 Å². The van der Waals surface area contributed by atoms with Gasteiger partial charge in [-0.3, -0.25) is 0 Å². The fourth-order valence-corrected chi connectivity index (χ4v) is 7.74. The minimum absolute atomic E-state index is 0.336. The van der Waals surface area contributed by atoms with E-state index in [1.54, 1.807) is 16.2 Å². The van der Waals surface area contributed by atoms with Crippen molar-refractivity contribution in [3.8, 4) is 0 Å². The molecule has 0 N–H and O–H groups in total. The fourth-order valence-electron chi connectivity index (χ4n) is 3.54. The number of rotatable bonds is 1. The van der Waals surface area contributed by atoms with Crippen LogP contribution in [0.3, 0.4) is 0 Å². The van der Waals surface area contributed by atoms with E-state index >= 15 is 0 Å². The van der Waals surface area contributed by atoms with Gasteiger partial charge in [-0.25, -0.2) is 0 Å². The Kier molecular flexibility index (Phi) is 3.26. The summed E-state index contributed by atoms with van der Waals surface area (Å²) in [6, 6.07) is 20.3. The van der Waals surface area contributed by atoms with E-state index in [2.05, 4.69) is 82.0 Å². The van der Waals surface area contributed by atoms with Gasteiger partial charge >= 0.3 is 0 Å². The highest BCUT2D eigenvalue weighted by molar-refractivity contribution is 7.89. The van der Waals surface area contributed by atoms with E-state index in [0.29, 0.717) is 11.3 Å². The van der Waals surface area contributed by atoms with E-state index in [9.17, 15) is 0 Å². The lowest BCUT2D eigenvalue weighted by Crippen LogP contribution is -2.21. The zero-order valence-electron chi connectivity index (χ0n) is 12.9. The summed E-state index contributed by atoms with van der Waals surface area (Å²) in [6.07, 6.45) is 1.32. The third-order valence-electron chi connectivity index (χ3n) is 4.76. The highest BCUT2D eigenvalue weighted by Crippen LogP contribution is 2.63. The molecule has 2 aromatic carbocycles. The minimum Gasteiger partial charge on any atom is -0.0620 e. The average molecular weight is 283 g/mol. The lowest BCUT2D eigenvalue weighted by Gasteiger charge is -2.27. The second kappa shape index (κ2) is 4.71. The van der Waals surface area contributed by atoms with E-state index < -0.39 is 7.26 Å². The van der Waals surface area contributed by atoms with E-state index in [-0.39, 0.29) is 0 Å². The first-order valence-electron chi connectivity index (χ1n) is 7.43. The molecular weight excluding hydrogens is 259 g/mol. The van der Waals surface area contributed by atoms with Gasteiger partial charge in [-0.2, -0.15) is 0 Å². The first-order valence-corrected chi connectivity index (χ1v) is 9.86. The van der Waals surface area contributed by atoms with Gasteiger partial charge in [0, 0.05) is 11.5 Å². The van der Waals surface area contributed by atoms with Gasteiger partial charge in [-0.15, -0.1) is 0 Å². The zero-order valence-corrected chi connectivity index (χ0v) is 13.8. The molecule has 0 amide bonds. The van der Waals surface area contributed by atoms with Crippen molar-refractivity contribution >= 4 is 17.9 Å². The first-order chi connectivity index (χ1) is 9.43. The van der Waals surface area contributed by atoms with Crippen LogP contribution in [-0.2, 0) is 0 Å². The SMILES string of the molecule is CC(C)(C)C1C[P+](C)(c2ccccc2)c2ccccc21. The molecule has 20 heavy (non-hydrogen) atoms. The van der Waals surface area contributed by atoms with Gasteiger partial charge in [-0.1, -0.05) is 57.2 Å². The monoisotopic (exact) mass is 283 g/mol. The van der Waals surface area contributed by atoms with Crippen LogP contribution in [0.4, 0.5) is 0 Å². The van der Waals surface area contributed by atoms with Crippen LogP contribution in [0, 0.1) is 5.41 Å². The van der Waals surface area contributed by atoms with Crippen LogP contribution in [0.5, 0.6) is 0 Å². The van der Waals surface area contributed by atoms with Gasteiger partial charge < -0.3 is 0 Å². The van der Waals surface area contributed by atoms with Crippen molar-refractivity contribution in [2.45, 2.75) is 26.7 Å². The molecule has 104 valence electrons. The third-order valence-corrected chi connectivity index (χ3v) is 8.77. The van der Waals surface area contributed by atoms with Gasteiger partial charge in [0.15, 0.2) is 0 Å². The van der Waals surface area contributed by atoms with Gasteiger partial charge in [0.05, 0.1) is 25.4 Å². The fraction of sp³-hybridized carbons (Fsp3) is 0.368. The Bertz CT molecular complexity index is 609. The van der Waals surface area contributed by atoms with Crippen LogP contribution in [0.15, 0.2) is 54.6 Å². The van der Waals surface area contributed by atoms with Crippen molar-refractivity contribution in [3.63, 3.8) is 0 Å². The molecule has 2 aromatic rings. The summed E-state index contributed by atoms with van der Waals surface area (Å²) in [5.74, 6) is 0.678. The summed E-state index contributed by atoms with van der Waals surface area (Å²) in [7, 11) is -1.21. The molecule has 0 spiro atoms. The summed E-state index contributed by atoms with van der Waals surface area (Å²) < 4.78 is 0. The maximum atomic E-state index is 2.52. The van der Waals surface area contributed by atoms with Crippen LogP contribution in [-0.4, -0.2) is 12.8 Å². The second-order valence-electron chi connectivity index (χ2n) is 7.19. The molecule has 0 aliphatic carbocycles. The molecule has 0 saturated carbocycles. The Morgan fingerprint density at radius 3 is 2.15 bits per heavy atom. The zero-order chi connectivity index (χ0) is 14.4. The standard InChI is InChI=1S/C19H24P/c1-19(2,3)17-14-20(4,15-10-6-5-7-11-15)18-13-9-8-12-16(17)18/h5-13,17H,14H2,1-4H3/q+1. The van der Waals surface area contributed by atoms with Gasteiger partial charge in [0.1, 0.15) is 5.30 Å². The van der Waals surface area contributed by atoms with Crippen LogP contribution in [0.2, 0.25) is 0 Å². The van der Waals surface area contributed by atoms with Gasteiger partial charge in [0.25, 0.3) is 0 Å². The van der Waals surface area contributed by atoms with Crippen molar-refractivity contribution in [1.82, 2.24) is 0 Å². The molecular formula is C19H24P+. The quantitative estimate of drug-likeness (QED) is 0.679. The maximum absolute atomic E-state index is 2.52. The molecule has 2 atom stereocenters. The maximum Gasteiger partial charge on any atom is 0.102 e. The summed E-state index contributed by atoms with van der Waals surface area (Å²) >= 11 is 0. The van der Waals surface area contributed by atoms with E-state index in [0.717, 1.165) is 0 Å². The van der Waals surface area contributed by atoms with Crippen molar-refractivity contribution in [2.24, 2.45) is 5.41 Å². The predicted molar refractivity (Wildman–Crippen MR) is 92.1 cm³/mol. The lowest BCUT2D eigenvalue weighted by molar-refractivity contribution is 0.347. The average Bonchev–Trinajstić information content (AvgIpc) is 2.75. The lowest BCUT2D eigenvalue weighted by atomic mass is 9.78. The minimum atomic E-state index is -1.21. The summed E-state index contributed by atoms with van der Waals surface area (Å²) in [6.45, 7) is 9.67. The molecule has 1 heterocycles. The van der Waals surface area contributed by atoms with Crippen LogP contribution >= 0.6 is 7.26 Å². The van der Waals surface area contributed by atoms with Crippen LogP contribution in [0.25, 0.3) is 0 Å². The van der Waals surface area contributed by atoms with E-state index in [1.807, 2.05) is 0 Å². The molecule has 0 nitrogen and oxygen atoms in total. The molecule has 2 unspecified atom stereocenters. The predicted octanol–water partition coefficient (Wildman–Crippen LogP) is 4.43. The molecule has 0 radical (unpaired) electrons. The second-order valence-corrected chi connectivity index (χ2v) is 10.9. The Morgan fingerprint density at radius 1 is 0.900 bits per heavy atom. The normalized spacial score (nSPS) is 25.5. The van der Waals surface area contributed by atoms with Crippen molar-refractivity contribution in [1.29, 1.82) is 0 Å². The Morgan fingerprint density at radius 2 is 1.50 bits per heavy atom. The van der Waals surface area contributed by atoms with Crippen molar-refractivity contribution in [3.05, 3.63) is 60.2 Å². The molecule has 1 aliphatic heterocycles. The Labute approximate surface area is 123 Å². The molecule has 0 aromatic heterocycles. The largest absolute Gasteiger partial charge is 0.102 e. The number of fused-ring (bicyclic) bond motifs is 1. The Hall–Kier alpha value is -1.13. The highest BCUT2D eigenvalue weighted by atomic mass is 31.2. The van der Waals surface area contributed by atoms with Crippen LogP contribution in [0.1, 0.15) is 32.3 Å². The number of hydrogen-bond acceptors (Lipinski definition) is 0. The number of hydrogen-bond donors (Lipinski definition) is 0. The van der Waals surface area contributed by atoms with Gasteiger partial charge in [0.2, 0.25) is 0 Å². The highest BCUT2D eigenvalue weighted by Gasteiger charge is 2.51. The number of benzene rings is 2.